The smallest absolute Gasteiger partial charge is 0.447 e. The second-order valence-electron chi connectivity index (χ2n) is 3.30. The Kier molecular flexibility index (Phi) is 4.06. The third kappa shape index (κ3) is 5.15. The van der Waals surface area contributed by atoms with Gasteiger partial charge in [0.15, 0.2) is 0 Å². The average molecular weight is 197 g/mol. The van der Waals surface area contributed by atoms with Crippen molar-refractivity contribution in [3.63, 3.8) is 0 Å². The second kappa shape index (κ2) is 4.86. The fourth-order valence-electron chi connectivity index (χ4n) is 1.28. The van der Waals surface area contributed by atoms with Gasteiger partial charge in [-0.25, -0.2) is 0 Å². The van der Waals surface area contributed by atoms with Gasteiger partial charge in [-0.2, -0.15) is 0 Å². The normalized spacial score (nSPS) is 20.5. The molecule has 6 heteroatoms. The highest BCUT2D eigenvalue weighted by Gasteiger charge is 2.24. The van der Waals surface area contributed by atoms with Crippen LogP contribution in [-0.4, -0.2) is 33.3 Å². The van der Waals surface area contributed by atoms with Crippen molar-refractivity contribution in [3.8, 4) is 0 Å². The van der Waals surface area contributed by atoms with Gasteiger partial charge in [0, 0.05) is 26.3 Å². The summed E-state index contributed by atoms with van der Waals surface area (Å²) in [7, 11) is 0. The Hall–Kier alpha value is -0.225. The highest BCUT2D eigenvalue weighted by molar-refractivity contribution is 6.58. The topological polar surface area (TPSA) is 18.5 Å². The van der Waals surface area contributed by atoms with E-state index in [1.54, 1.807) is 0 Å². The van der Waals surface area contributed by atoms with E-state index in [1.807, 2.05) is 0 Å². The van der Waals surface area contributed by atoms with Crippen molar-refractivity contribution in [2.45, 2.75) is 12.8 Å². The van der Waals surface area contributed by atoms with Gasteiger partial charge >= 0.3 is 6.98 Å². The molecule has 1 heterocycles. The Labute approximate surface area is 75.5 Å². The molecule has 13 heavy (non-hydrogen) atoms. The van der Waals surface area contributed by atoms with Crippen LogP contribution in [0.4, 0.5) is 12.9 Å². The third-order valence-corrected chi connectivity index (χ3v) is 2.00. The highest BCUT2D eigenvalue weighted by atomic mass is 19.4. The summed E-state index contributed by atoms with van der Waals surface area (Å²) < 4.78 is 44.8. The van der Waals surface area contributed by atoms with Crippen LogP contribution in [0.1, 0.15) is 12.8 Å². The number of hydrogen-bond acceptors (Lipinski definition) is 2. The van der Waals surface area contributed by atoms with Crippen LogP contribution in [0.15, 0.2) is 0 Å². The van der Waals surface area contributed by atoms with Crippen LogP contribution in [-0.2, 0) is 9.47 Å². The van der Waals surface area contributed by atoms with Crippen LogP contribution in [0.25, 0.3) is 0 Å². The SMILES string of the molecule is F[B-](F)(F)COCC1CCOCC1. The highest BCUT2D eigenvalue weighted by Crippen LogP contribution is 2.16. The van der Waals surface area contributed by atoms with E-state index in [1.165, 1.54) is 0 Å². The number of ether oxygens (including phenoxy) is 2. The molecule has 0 saturated carbocycles. The van der Waals surface area contributed by atoms with Gasteiger partial charge in [0.2, 0.25) is 0 Å². The Morgan fingerprint density at radius 2 is 1.85 bits per heavy atom. The number of rotatable bonds is 4. The summed E-state index contributed by atoms with van der Waals surface area (Å²) in [6, 6.07) is 0. The molecule has 1 saturated heterocycles. The van der Waals surface area contributed by atoms with Gasteiger partial charge in [0.05, 0.1) is 0 Å². The van der Waals surface area contributed by atoms with Gasteiger partial charge in [-0.1, -0.05) is 0 Å². The van der Waals surface area contributed by atoms with Gasteiger partial charge in [-0.05, 0) is 18.8 Å². The number of halogens is 3. The number of hydrogen-bond donors (Lipinski definition) is 0. The first-order valence-corrected chi connectivity index (χ1v) is 4.44. The monoisotopic (exact) mass is 197 g/mol. The standard InChI is InChI=1S/C7H13BF3O2/c9-8(10,11)6-13-5-7-1-3-12-4-2-7/h7H,1-6H2/q-1. The van der Waals surface area contributed by atoms with Crippen molar-refractivity contribution < 1.29 is 22.4 Å². The molecule has 0 amide bonds. The summed E-state index contributed by atoms with van der Waals surface area (Å²) in [5.41, 5.74) is 0. The molecule has 0 N–H and O–H groups in total. The molecule has 1 rings (SSSR count). The van der Waals surface area contributed by atoms with E-state index >= 15 is 0 Å². The lowest BCUT2D eigenvalue weighted by Crippen LogP contribution is -2.27. The lowest BCUT2D eigenvalue weighted by atomic mass is 9.94. The van der Waals surface area contributed by atoms with Crippen molar-refractivity contribution in [1.82, 2.24) is 0 Å². The molecule has 1 aliphatic rings. The molecular weight excluding hydrogens is 184 g/mol. The molecule has 0 radical (unpaired) electrons. The molecular formula is C7H13BF3O2-. The predicted octanol–water partition coefficient (Wildman–Crippen LogP) is 1.82. The maximum Gasteiger partial charge on any atom is 0.503 e. The Balaban J connectivity index is 2.04. The van der Waals surface area contributed by atoms with Gasteiger partial charge < -0.3 is 22.4 Å². The van der Waals surface area contributed by atoms with Crippen LogP contribution in [0.3, 0.4) is 0 Å². The maximum absolute atomic E-state index is 11.7. The van der Waals surface area contributed by atoms with Gasteiger partial charge in [0.1, 0.15) is 0 Å². The first-order valence-electron chi connectivity index (χ1n) is 4.44. The molecule has 0 bridgehead atoms. The zero-order valence-electron chi connectivity index (χ0n) is 7.35. The Morgan fingerprint density at radius 3 is 2.38 bits per heavy atom. The zero-order chi connectivity index (χ0) is 9.73. The van der Waals surface area contributed by atoms with Crippen molar-refractivity contribution in [2.75, 3.05) is 26.3 Å². The molecule has 0 atom stereocenters. The van der Waals surface area contributed by atoms with Crippen molar-refractivity contribution in [1.29, 1.82) is 0 Å². The lowest BCUT2D eigenvalue weighted by molar-refractivity contribution is 0.0261. The second-order valence-corrected chi connectivity index (χ2v) is 3.30. The van der Waals surface area contributed by atoms with E-state index in [2.05, 4.69) is 4.74 Å². The van der Waals surface area contributed by atoms with Crippen molar-refractivity contribution in [2.24, 2.45) is 5.92 Å². The summed E-state index contributed by atoms with van der Waals surface area (Å²) in [6.45, 7) is -4.36. The quantitative estimate of drug-likeness (QED) is 0.640. The van der Waals surface area contributed by atoms with E-state index in [9.17, 15) is 12.9 Å². The molecule has 78 valence electrons. The van der Waals surface area contributed by atoms with E-state index in [4.69, 9.17) is 4.74 Å². The van der Waals surface area contributed by atoms with E-state index in [0.29, 0.717) is 13.2 Å². The first kappa shape index (κ1) is 10.9. The molecule has 2 nitrogen and oxygen atoms in total. The van der Waals surface area contributed by atoms with Gasteiger partial charge in [-0.15, -0.1) is 0 Å². The summed E-state index contributed by atoms with van der Waals surface area (Å²) in [6.07, 6.45) is 1.62. The van der Waals surface area contributed by atoms with Crippen molar-refractivity contribution >= 4 is 6.98 Å². The minimum atomic E-state index is -4.78. The van der Waals surface area contributed by atoms with Crippen LogP contribution >= 0.6 is 0 Å². The van der Waals surface area contributed by atoms with E-state index < -0.39 is 13.5 Å². The largest absolute Gasteiger partial charge is 0.503 e. The van der Waals surface area contributed by atoms with Crippen LogP contribution in [0.5, 0.6) is 0 Å². The summed E-state index contributed by atoms with van der Waals surface area (Å²) in [4.78, 5) is 0. The van der Waals surface area contributed by atoms with E-state index in [0.717, 1.165) is 12.8 Å². The zero-order valence-corrected chi connectivity index (χ0v) is 7.35. The molecule has 0 unspecified atom stereocenters. The molecule has 1 fully saturated rings. The van der Waals surface area contributed by atoms with E-state index in [-0.39, 0.29) is 12.5 Å². The van der Waals surface area contributed by atoms with Crippen LogP contribution < -0.4 is 0 Å². The first-order chi connectivity index (χ1) is 6.08. The molecule has 0 aromatic rings. The van der Waals surface area contributed by atoms with Gasteiger partial charge in [-0.3, -0.25) is 0 Å². The maximum atomic E-state index is 11.7. The average Bonchev–Trinajstić information content (AvgIpc) is 2.04. The summed E-state index contributed by atoms with van der Waals surface area (Å²) >= 11 is 0. The fourth-order valence-corrected chi connectivity index (χ4v) is 1.28. The van der Waals surface area contributed by atoms with Gasteiger partial charge in [0.25, 0.3) is 0 Å². The molecule has 1 aliphatic heterocycles. The Morgan fingerprint density at radius 1 is 1.23 bits per heavy atom. The molecule has 0 aromatic heterocycles. The Bertz CT molecular complexity index is 145. The third-order valence-electron chi connectivity index (χ3n) is 2.00. The fraction of sp³-hybridized carbons (Fsp3) is 1.00. The minimum absolute atomic E-state index is 0.213. The lowest BCUT2D eigenvalue weighted by Gasteiger charge is -2.23. The minimum Gasteiger partial charge on any atom is -0.447 e. The van der Waals surface area contributed by atoms with Crippen molar-refractivity contribution in [3.05, 3.63) is 0 Å². The summed E-state index contributed by atoms with van der Waals surface area (Å²) in [5.74, 6) is 0.242. The van der Waals surface area contributed by atoms with Crippen LogP contribution in [0.2, 0.25) is 0 Å². The molecule has 0 aliphatic carbocycles. The molecule has 0 spiro atoms. The van der Waals surface area contributed by atoms with Crippen LogP contribution in [0, 0.1) is 5.92 Å². The summed E-state index contributed by atoms with van der Waals surface area (Å²) in [5, 5.41) is 0. The molecule has 0 aromatic carbocycles. The predicted molar refractivity (Wildman–Crippen MR) is 43.4 cm³/mol.